The van der Waals surface area contributed by atoms with Crippen LogP contribution in [0.15, 0.2) is 42.9 Å². The maximum atomic E-state index is 5.01. The van der Waals surface area contributed by atoms with Crippen LogP contribution in [-0.2, 0) is 6.42 Å². The lowest BCUT2D eigenvalue weighted by atomic mass is 9.92. The predicted molar refractivity (Wildman–Crippen MR) is 117 cm³/mol. The number of hydrogen-bond donors (Lipinski definition) is 1. The van der Waals surface area contributed by atoms with Gasteiger partial charge in [0.1, 0.15) is 12.2 Å². The van der Waals surface area contributed by atoms with Crippen molar-refractivity contribution in [2.24, 2.45) is 5.92 Å². The van der Waals surface area contributed by atoms with E-state index in [0.717, 1.165) is 52.1 Å². The maximum absolute atomic E-state index is 5.01. The SMILES string of the molecule is Cc1cccc(-c2[nH]c(CCC3CCN(C)CC3)nc2-c2ccn3ncnc3c2)n1. The first-order valence-electron chi connectivity index (χ1n) is 10.7. The maximum Gasteiger partial charge on any atom is 0.155 e. The number of imidazole rings is 1. The number of likely N-dealkylation sites (tertiary alicyclic amines) is 1. The fraction of sp³-hybridized carbons (Fsp3) is 0.391. The summed E-state index contributed by atoms with van der Waals surface area (Å²) in [7, 11) is 2.21. The molecule has 0 unspecified atom stereocenters. The van der Waals surface area contributed by atoms with E-state index in [4.69, 9.17) is 9.97 Å². The van der Waals surface area contributed by atoms with Crippen molar-refractivity contribution in [3.63, 3.8) is 0 Å². The van der Waals surface area contributed by atoms with Gasteiger partial charge in [0.25, 0.3) is 0 Å². The molecule has 1 aliphatic heterocycles. The van der Waals surface area contributed by atoms with Gasteiger partial charge in [-0.3, -0.25) is 4.98 Å². The predicted octanol–water partition coefficient (Wildman–Crippen LogP) is 3.76. The lowest BCUT2D eigenvalue weighted by molar-refractivity contribution is 0.212. The van der Waals surface area contributed by atoms with Gasteiger partial charge in [-0.15, -0.1) is 0 Å². The Morgan fingerprint density at radius 3 is 2.83 bits per heavy atom. The summed E-state index contributed by atoms with van der Waals surface area (Å²) in [5.74, 6) is 1.81. The molecule has 4 aromatic heterocycles. The second-order valence-electron chi connectivity index (χ2n) is 8.33. The average molecular weight is 402 g/mol. The second-order valence-corrected chi connectivity index (χ2v) is 8.33. The lowest BCUT2D eigenvalue weighted by Crippen LogP contribution is -2.30. The third kappa shape index (κ3) is 3.85. The number of H-pyrrole nitrogens is 1. The minimum Gasteiger partial charge on any atom is -0.340 e. The van der Waals surface area contributed by atoms with E-state index in [1.807, 2.05) is 43.5 Å². The molecule has 0 saturated carbocycles. The largest absolute Gasteiger partial charge is 0.340 e. The van der Waals surface area contributed by atoms with Gasteiger partial charge in [-0.1, -0.05) is 6.07 Å². The van der Waals surface area contributed by atoms with E-state index in [-0.39, 0.29) is 0 Å². The minimum atomic E-state index is 0.780. The molecule has 7 heteroatoms. The Hall–Kier alpha value is -3.06. The molecule has 0 aliphatic carbocycles. The Balaban J connectivity index is 1.47. The molecule has 1 saturated heterocycles. The van der Waals surface area contributed by atoms with Crippen LogP contribution in [0.4, 0.5) is 0 Å². The van der Waals surface area contributed by atoms with Crippen LogP contribution in [0.25, 0.3) is 28.3 Å². The van der Waals surface area contributed by atoms with E-state index in [1.54, 1.807) is 10.8 Å². The summed E-state index contributed by atoms with van der Waals surface area (Å²) in [5, 5.41) is 4.20. The number of aromatic nitrogens is 6. The molecular weight excluding hydrogens is 374 g/mol. The third-order valence-corrected chi connectivity index (χ3v) is 6.08. The lowest BCUT2D eigenvalue weighted by Gasteiger charge is -2.28. The summed E-state index contributed by atoms with van der Waals surface area (Å²) in [5.41, 5.74) is 5.65. The zero-order valence-corrected chi connectivity index (χ0v) is 17.5. The van der Waals surface area contributed by atoms with Gasteiger partial charge in [-0.2, -0.15) is 5.10 Å². The molecule has 1 N–H and O–H groups in total. The van der Waals surface area contributed by atoms with Crippen LogP contribution in [0.3, 0.4) is 0 Å². The van der Waals surface area contributed by atoms with Gasteiger partial charge in [0.2, 0.25) is 0 Å². The van der Waals surface area contributed by atoms with Crippen LogP contribution in [0, 0.1) is 12.8 Å². The van der Waals surface area contributed by atoms with Gasteiger partial charge in [0.05, 0.1) is 17.1 Å². The Kier molecular flexibility index (Phi) is 5.04. The monoisotopic (exact) mass is 401 g/mol. The number of piperidine rings is 1. The van der Waals surface area contributed by atoms with Crippen LogP contribution in [0.5, 0.6) is 0 Å². The first kappa shape index (κ1) is 18.9. The van der Waals surface area contributed by atoms with Crippen molar-refractivity contribution in [2.75, 3.05) is 20.1 Å². The van der Waals surface area contributed by atoms with Crippen molar-refractivity contribution < 1.29 is 0 Å². The third-order valence-electron chi connectivity index (χ3n) is 6.08. The van der Waals surface area contributed by atoms with Crippen molar-refractivity contribution in [1.82, 2.24) is 34.4 Å². The fourth-order valence-corrected chi connectivity index (χ4v) is 4.27. The number of hydrogen-bond acceptors (Lipinski definition) is 5. The van der Waals surface area contributed by atoms with E-state index in [0.29, 0.717) is 0 Å². The Morgan fingerprint density at radius 1 is 1.13 bits per heavy atom. The fourth-order valence-electron chi connectivity index (χ4n) is 4.27. The molecule has 0 radical (unpaired) electrons. The van der Waals surface area contributed by atoms with Gasteiger partial charge < -0.3 is 9.88 Å². The minimum absolute atomic E-state index is 0.780. The highest BCUT2D eigenvalue weighted by molar-refractivity contribution is 5.78. The van der Waals surface area contributed by atoms with Crippen LogP contribution in [0.1, 0.15) is 30.8 Å². The molecule has 154 valence electrons. The molecule has 30 heavy (non-hydrogen) atoms. The standard InChI is InChI=1S/C23H27N7/c1-16-4-3-5-19(26-16)23-22(18-10-13-30-21(14-18)24-15-25-30)27-20(28-23)7-6-17-8-11-29(2)12-9-17/h3-5,10,13-15,17H,6-9,11-12H2,1-2H3,(H,27,28). The van der Waals surface area contributed by atoms with Gasteiger partial charge in [0, 0.05) is 23.9 Å². The van der Waals surface area contributed by atoms with E-state index in [2.05, 4.69) is 27.0 Å². The summed E-state index contributed by atoms with van der Waals surface area (Å²) in [4.78, 5) is 20.1. The smallest absolute Gasteiger partial charge is 0.155 e. The van der Waals surface area contributed by atoms with Crippen molar-refractivity contribution >= 4 is 5.65 Å². The zero-order chi connectivity index (χ0) is 20.5. The summed E-state index contributed by atoms with van der Waals surface area (Å²) < 4.78 is 1.77. The van der Waals surface area contributed by atoms with Crippen molar-refractivity contribution in [1.29, 1.82) is 0 Å². The van der Waals surface area contributed by atoms with Crippen LogP contribution in [0.2, 0.25) is 0 Å². The van der Waals surface area contributed by atoms with E-state index < -0.39 is 0 Å². The summed E-state index contributed by atoms with van der Waals surface area (Å²) >= 11 is 0. The highest BCUT2D eigenvalue weighted by Crippen LogP contribution is 2.31. The van der Waals surface area contributed by atoms with E-state index in [1.165, 1.54) is 32.4 Å². The highest BCUT2D eigenvalue weighted by atomic mass is 15.3. The summed E-state index contributed by atoms with van der Waals surface area (Å²) in [6.07, 6.45) is 8.18. The van der Waals surface area contributed by atoms with E-state index in [9.17, 15) is 0 Å². The van der Waals surface area contributed by atoms with Gasteiger partial charge in [-0.25, -0.2) is 14.5 Å². The number of nitrogens with zero attached hydrogens (tertiary/aromatic N) is 6. The van der Waals surface area contributed by atoms with Gasteiger partial charge >= 0.3 is 0 Å². The van der Waals surface area contributed by atoms with Crippen molar-refractivity contribution in [3.05, 3.63) is 54.4 Å². The number of aryl methyl sites for hydroxylation is 2. The molecule has 5 heterocycles. The summed E-state index contributed by atoms with van der Waals surface area (Å²) in [6.45, 7) is 4.42. The molecule has 5 rings (SSSR count). The molecule has 4 aromatic rings. The van der Waals surface area contributed by atoms with Crippen LogP contribution < -0.4 is 0 Å². The van der Waals surface area contributed by atoms with Gasteiger partial charge in [0.15, 0.2) is 5.65 Å². The molecule has 0 spiro atoms. The molecule has 0 aromatic carbocycles. The molecule has 7 nitrogen and oxygen atoms in total. The molecule has 0 atom stereocenters. The quantitative estimate of drug-likeness (QED) is 0.551. The molecule has 0 amide bonds. The molecule has 0 bridgehead atoms. The topological polar surface area (TPSA) is 75.0 Å². The first-order chi connectivity index (χ1) is 14.7. The Bertz CT molecular complexity index is 1150. The Morgan fingerprint density at radius 2 is 2.00 bits per heavy atom. The van der Waals surface area contributed by atoms with Crippen molar-refractivity contribution in [3.8, 4) is 22.6 Å². The van der Waals surface area contributed by atoms with E-state index >= 15 is 0 Å². The average Bonchev–Trinajstić information content (AvgIpc) is 3.40. The second kappa shape index (κ2) is 7.99. The first-order valence-corrected chi connectivity index (χ1v) is 10.7. The van der Waals surface area contributed by atoms with Crippen molar-refractivity contribution in [2.45, 2.75) is 32.6 Å². The highest BCUT2D eigenvalue weighted by Gasteiger charge is 2.19. The Labute approximate surface area is 176 Å². The summed E-state index contributed by atoms with van der Waals surface area (Å²) in [6, 6.07) is 10.2. The molecule has 1 aliphatic rings. The normalized spacial score (nSPS) is 15.8. The number of nitrogens with one attached hydrogen (secondary N) is 1. The number of fused-ring (bicyclic) bond motifs is 1. The number of aromatic amines is 1. The molecular formula is C23H27N7. The molecule has 1 fully saturated rings. The van der Waals surface area contributed by atoms with Gasteiger partial charge in [-0.05, 0) is 76.5 Å². The number of rotatable bonds is 5. The zero-order valence-electron chi connectivity index (χ0n) is 17.5. The van der Waals surface area contributed by atoms with Crippen LogP contribution >= 0.6 is 0 Å². The van der Waals surface area contributed by atoms with Crippen LogP contribution in [-0.4, -0.2) is 54.6 Å². The number of pyridine rings is 2.